The van der Waals surface area contributed by atoms with Crippen LogP contribution in [-0.2, 0) is 9.53 Å². The second-order valence-corrected chi connectivity index (χ2v) is 6.91. The number of carbonyl (C=O) groups excluding carboxylic acids is 1. The summed E-state index contributed by atoms with van der Waals surface area (Å²) in [6.07, 6.45) is 7.15. The molecule has 0 spiro atoms. The Morgan fingerprint density at radius 3 is 2.86 bits per heavy atom. The topological polar surface area (TPSA) is 32.8 Å². The number of Topliss-reactive ketones (excluding diaryl/α,β-unsaturated/α-hetero) is 1. The van der Waals surface area contributed by atoms with Gasteiger partial charge in [-0.2, -0.15) is 0 Å². The van der Waals surface area contributed by atoms with Gasteiger partial charge in [-0.15, -0.1) is 0 Å². The molecule has 2 saturated heterocycles. The van der Waals surface area contributed by atoms with Crippen LogP contribution in [0.2, 0.25) is 0 Å². The summed E-state index contributed by atoms with van der Waals surface area (Å²) in [5, 5.41) is 0. The molecule has 4 nitrogen and oxygen atoms in total. The fraction of sp³-hybridized carbons (Fsp3) is 0.941. The standard InChI is InChI=1S/C17H30N2O2/c1-2-18-10-11-21-14(12-18)13-19-9-4-3-7-16(19)15-6-5-8-17(15)20/h14-16H,2-13H2,1H3. The molecule has 0 radical (unpaired) electrons. The fourth-order valence-corrected chi connectivity index (χ4v) is 4.39. The molecule has 0 aromatic carbocycles. The van der Waals surface area contributed by atoms with Gasteiger partial charge in [0.05, 0.1) is 12.7 Å². The minimum absolute atomic E-state index is 0.316. The zero-order valence-corrected chi connectivity index (χ0v) is 13.4. The van der Waals surface area contributed by atoms with Gasteiger partial charge in [0.2, 0.25) is 0 Å². The van der Waals surface area contributed by atoms with Crippen LogP contribution < -0.4 is 0 Å². The Balaban J connectivity index is 1.60. The summed E-state index contributed by atoms with van der Waals surface area (Å²) >= 11 is 0. The Bertz CT molecular complexity index is 361. The quantitative estimate of drug-likeness (QED) is 0.793. The molecule has 1 aliphatic carbocycles. The lowest BCUT2D eigenvalue weighted by molar-refractivity contribution is -0.124. The molecule has 2 heterocycles. The van der Waals surface area contributed by atoms with E-state index in [0.717, 1.165) is 58.6 Å². The zero-order valence-electron chi connectivity index (χ0n) is 13.4. The van der Waals surface area contributed by atoms with Crippen LogP contribution in [0.5, 0.6) is 0 Å². The highest BCUT2D eigenvalue weighted by atomic mass is 16.5. The third-order valence-corrected chi connectivity index (χ3v) is 5.59. The molecule has 0 aromatic heterocycles. The number of carbonyl (C=O) groups is 1. The first kappa shape index (κ1) is 15.4. The Kier molecular flexibility index (Phi) is 5.30. The number of morpholine rings is 1. The van der Waals surface area contributed by atoms with Gasteiger partial charge in [0, 0.05) is 38.0 Å². The molecule has 1 saturated carbocycles. The van der Waals surface area contributed by atoms with Crippen LogP contribution in [0.15, 0.2) is 0 Å². The maximum absolute atomic E-state index is 12.1. The maximum Gasteiger partial charge on any atom is 0.137 e. The number of hydrogen-bond donors (Lipinski definition) is 0. The first-order valence-electron chi connectivity index (χ1n) is 8.88. The van der Waals surface area contributed by atoms with Crippen LogP contribution in [0.4, 0.5) is 0 Å². The van der Waals surface area contributed by atoms with Crippen LogP contribution in [0.1, 0.15) is 45.4 Å². The highest BCUT2D eigenvalue weighted by Gasteiger charge is 2.37. The van der Waals surface area contributed by atoms with E-state index in [2.05, 4.69) is 16.7 Å². The third-order valence-electron chi connectivity index (χ3n) is 5.59. The Labute approximate surface area is 128 Å². The average Bonchev–Trinajstić information content (AvgIpc) is 2.94. The summed E-state index contributed by atoms with van der Waals surface area (Å²) in [5.74, 6) is 0.836. The molecule has 0 bridgehead atoms. The molecule has 0 aromatic rings. The van der Waals surface area contributed by atoms with E-state index < -0.39 is 0 Å². The van der Waals surface area contributed by atoms with Crippen molar-refractivity contribution < 1.29 is 9.53 Å². The molecule has 0 amide bonds. The SMILES string of the molecule is CCN1CCOC(CN2CCCCC2C2CCCC2=O)C1. The Hall–Kier alpha value is -0.450. The predicted octanol–water partition coefficient (Wildman–Crippen LogP) is 1.93. The van der Waals surface area contributed by atoms with Gasteiger partial charge in [-0.25, -0.2) is 0 Å². The number of nitrogens with zero attached hydrogens (tertiary/aromatic N) is 2. The van der Waals surface area contributed by atoms with Crippen molar-refractivity contribution >= 4 is 5.78 Å². The van der Waals surface area contributed by atoms with Gasteiger partial charge in [0.25, 0.3) is 0 Å². The summed E-state index contributed by atoms with van der Waals surface area (Å²) in [6, 6.07) is 0.495. The second kappa shape index (κ2) is 7.21. The summed E-state index contributed by atoms with van der Waals surface area (Å²) in [4.78, 5) is 17.2. The van der Waals surface area contributed by atoms with Gasteiger partial charge in [-0.3, -0.25) is 14.6 Å². The van der Waals surface area contributed by atoms with Gasteiger partial charge in [-0.1, -0.05) is 13.3 Å². The second-order valence-electron chi connectivity index (χ2n) is 6.91. The van der Waals surface area contributed by atoms with Gasteiger partial charge in [0.15, 0.2) is 0 Å². The van der Waals surface area contributed by atoms with E-state index in [0.29, 0.717) is 23.8 Å². The molecule has 3 fully saturated rings. The Morgan fingerprint density at radius 2 is 2.10 bits per heavy atom. The smallest absolute Gasteiger partial charge is 0.137 e. The van der Waals surface area contributed by atoms with Crippen LogP contribution in [0, 0.1) is 5.92 Å². The number of rotatable bonds is 4. The third kappa shape index (κ3) is 3.66. The molecule has 3 atom stereocenters. The predicted molar refractivity (Wildman–Crippen MR) is 83.4 cm³/mol. The summed E-state index contributed by atoms with van der Waals surface area (Å²) < 4.78 is 5.98. The molecule has 21 heavy (non-hydrogen) atoms. The van der Waals surface area contributed by atoms with E-state index in [-0.39, 0.29) is 0 Å². The van der Waals surface area contributed by atoms with E-state index in [1.54, 1.807) is 0 Å². The number of likely N-dealkylation sites (N-methyl/N-ethyl adjacent to an activating group) is 1. The maximum atomic E-state index is 12.1. The highest BCUT2D eigenvalue weighted by molar-refractivity contribution is 5.83. The van der Waals surface area contributed by atoms with Gasteiger partial charge < -0.3 is 4.74 Å². The van der Waals surface area contributed by atoms with E-state index in [9.17, 15) is 4.79 Å². The first-order valence-corrected chi connectivity index (χ1v) is 8.88. The van der Waals surface area contributed by atoms with Crippen molar-refractivity contribution in [2.45, 2.75) is 57.6 Å². The molecular weight excluding hydrogens is 264 g/mol. The van der Waals surface area contributed by atoms with Crippen LogP contribution in [0.25, 0.3) is 0 Å². The fourth-order valence-electron chi connectivity index (χ4n) is 4.39. The highest BCUT2D eigenvalue weighted by Crippen LogP contribution is 2.32. The lowest BCUT2D eigenvalue weighted by Crippen LogP contribution is -2.52. The molecule has 3 aliphatic rings. The van der Waals surface area contributed by atoms with Crippen molar-refractivity contribution in [3.63, 3.8) is 0 Å². The molecule has 2 aliphatic heterocycles. The van der Waals surface area contributed by atoms with Crippen molar-refractivity contribution in [3.05, 3.63) is 0 Å². The number of likely N-dealkylation sites (tertiary alicyclic amines) is 1. The van der Waals surface area contributed by atoms with Gasteiger partial charge in [-0.05, 0) is 38.8 Å². The number of ether oxygens (including phenoxy) is 1. The van der Waals surface area contributed by atoms with Crippen LogP contribution in [0.3, 0.4) is 0 Å². The zero-order chi connectivity index (χ0) is 14.7. The lowest BCUT2D eigenvalue weighted by atomic mass is 9.88. The minimum atomic E-state index is 0.316. The normalized spacial score (nSPS) is 36.2. The van der Waals surface area contributed by atoms with E-state index in [4.69, 9.17) is 4.74 Å². The molecular formula is C17H30N2O2. The van der Waals surface area contributed by atoms with E-state index >= 15 is 0 Å². The van der Waals surface area contributed by atoms with Crippen molar-refractivity contribution in [2.24, 2.45) is 5.92 Å². The van der Waals surface area contributed by atoms with Gasteiger partial charge in [0.1, 0.15) is 5.78 Å². The average molecular weight is 294 g/mol. The molecule has 4 heteroatoms. The Morgan fingerprint density at radius 1 is 1.19 bits per heavy atom. The van der Waals surface area contributed by atoms with Crippen LogP contribution >= 0.6 is 0 Å². The van der Waals surface area contributed by atoms with E-state index in [1.165, 1.54) is 19.3 Å². The van der Waals surface area contributed by atoms with Crippen molar-refractivity contribution in [1.29, 1.82) is 0 Å². The molecule has 3 rings (SSSR count). The molecule has 120 valence electrons. The van der Waals surface area contributed by atoms with E-state index in [1.807, 2.05) is 0 Å². The number of hydrogen-bond acceptors (Lipinski definition) is 4. The minimum Gasteiger partial charge on any atom is -0.374 e. The molecule has 0 N–H and O–H groups in total. The molecule has 3 unspecified atom stereocenters. The van der Waals surface area contributed by atoms with Crippen molar-refractivity contribution in [1.82, 2.24) is 9.80 Å². The summed E-state index contributed by atoms with van der Waals surface area (Å²) in [6.45, 7) is 8.49. The summed E-state index contributed by atoms with van der Waals surface area (Å²) in [5.41, 5.74) is 0. The number of piperidine rings is 1. The largest absolute Gasteiger partial charge is 0.374 e. The summed E-state index contributed by atoms with van der Waals surface area (Å²) in [7, 11) is 0. The monoisotopic (exact) mass is 294 g/mol. The number of ketones is 1. The van der Waals surface area contributed by atoms with Crippen LogP contribution in [-0.4, -0.2) is 67.1 Å². The van der Waals surface area contributed by atoms with Crippen molar-refractivity contribution in [3.8, 4) is 0 Å². The van der Waals surface area contributed by atoms with Crippen molar-refractivity contribution in [2.75, 3.05) is 39.3 Å². The first-order chi connectivity index (χ1) is 10.3. The lowest BCUT2D eigenvalue weighted by Gasteiger charge is -2.42. The van der Waals surface area contributed by atoms with Gasteiger partial charge >= 0.3 is 0 Å².